The normalized spacial score (nSPS) is 22.3. The molecule has 1 aromatic carbocycles. The van der Waals surface area contributed by atoms with Crippen molar-refractivity contribution in [1.29, 1.82) is 0 Å². The first-order chi connectivity index (χ1) is 15.6. The predicted octanol–water partition coefficient (Wildman–Crippen LogP) is 3.20. The van der Waals surface area contributed by atoms with E-state index in [1.807, 2.05) is 25.1 Å². The predicted molar refractivity (Wildman–Crippen MR) is 129 cm³/mol. The number of nitrogens with one attached hydrogen (secondary N) is 1. The molecule has 0 radical (unpaired) electrons. The van der Waals surface area contributed by atoms with E-state index in [-0.39, 0.29) is 11.8 Å². The van der Waals surface area contributed by atoms with Crippen LogP contribution >= 0.6 is 0 Å². The molecule has 1 N–H and O–H groups in total. The van der Waals surface area contributed by atoms with Crippen molar-refractivity contribution in [2.24, 2.45) is 0 Å². The number of hydrogen-bond acceptors (Lipinski definition) is 4. The van der Waals surface area contributed by atoms with E-state index in [0.29, 0.717) is 13.0 Å². The van der Waals surface area contributed by atoms with Crippen molar-refractivity contribution < 1.29 is 9.59 Å². The van der Waals surface area contributed by atoms with Crippen molar-refractivity contribution >= 4 is 17.5 Å². The molecule has 0 aromatic heterocycles. The van der Waals surface area contributed by atoms with Crippen LogP contribution in [0.1, 0.15) is 63.9 Å². The number of fused-ring (bicyclic) bond motifs is 1. The molecular formula is C26H40N4O2. The van der Waals surface area contributed by atoms with Gasteiger partial charge in [-0.05, 0) is 96.2 Å². The van der Waals surface area contributed by atoms with Gasteiger partial charge in [0.1, 0.15) is 6.04 Å². The zero-order valence-electron chi connectivity index (χ0n) is 19.7. The molecule has 1 unspecified atom stereocenters. The Labute approximate surface area is 193 Å². The summed E-state index contributed by atoms with van der Waals surface area (Å²) in [6.07, 6.45) is 9.88. The van der Waals surface area contributed by atoms with E-state index < -0.39 is 6.04 Å². The number of aryl methyl sites for hydroxylation is 1. The zero-order valence-corrected chi connectivity index (χ0v) is 19.7. The largest absolute Gasteiger partial charge is 0.354 e. The van der Waals surface area contributed by atoms with Gasteiger partial charge in [-0.25, -0.2) is 0 Å². The molecule has 6 heteroatoms. The minimum Gasteiger partial charge on any atom is -0.354 e. The maximum absolute atomic E-state index is 12.9. The highest BCUT2D eigenvalue weighted by atomic mass is 16.2. The number of anilines is 1. The molecular weight excluding hydrogens is 400 g/mol. The Morgan fingerprint density at radius 1 is 1.03 bits per heavy atom. The Morgan fingerprint density at radius 2 is 1.78 bits per heavy atom. The van der Waals surface area contributed by atoms with Crippen molar-refractivity contribution in [2.75, 3.05) is 44.2 Å². The van der Waals surface area contributed by atoms with Crippen LogP contribution in [0.5, 0.6) is 0 Å². The van der Waals surface area contributed by atoms with Crippen LogP contribution in [-0.4, -0.2) is 73.0 Å². The topological polar surface area (TPSA) is 55.9 Å². The zero-order chi connectivity index (χ0) is 22.3. The number of rotatable bonds is 7. The van der Waals surface area contributed by atoms with Gasteiger partial charge in [0.2, 0.25) is 11.8 Å². The number of para-hydroxylation sites is 1. The lowest BCUT2D eigenvalue weighted by Crippen LogP contribution is -2.49. The van der Waals surface area contributed by atoms with Crippen molar-refractivity contribution in [3.8, 4) is 0 Å². The second kappa shape index (κ2) is 11.3. The fourth-order valence-corrected chi connectivity index (χ4v) is 5.64. The number of carbonyl (C=O) groups is 2. The molecule has 2 fully saturated rings. The SMILES string of the molecule is CC(C(=O)NCCCN1CCC(N2CCCCC2)CC1)N1C(=O)CCCc2ccccc21. The minimum atomic E-state index is -0.484. The third-order valence-corrected chi connectivity index (χ3v) is 7.54. The van der Waals surface area contributed by atoms with Crippen LogP contribution in [0.4, 0.5) is 5.69 Å². The van der Waals surface area contributed by atoms with Gasteiger partial charge in [-0.2, -0.15) is 0 Å². The molecule has 6 nitrogen and oxygen atoms in total. The van der Waals surface area contributed by atoms with Gasteiger partial charge >= 0.3 is 0 Å². The lowest BCUT2D eigenvalue weighted by atomic mass is 10.00. The molecule has 176 valence electrons. The van der Waals surface area contributed by atoms with Gasteiger partial charge in [0.05, 0.1) is 0 Å². The van der Waals surface area contributed by atoms with E-state index in [1.54, 1.807) is 4.90 Å². The lowest BCUT2D eigenvalue weighted by Gasteiger charge is -2.40. The van der Waals surface area contributed by atoms with Crippen LogP contribution < -0.4 is 10.2 Å². The molecule has 3 aliphatic rings. The Bertz CT molecular complexity index is 769. The summed E-state index contributed by atoms with van der Waals surface area (Å²) in [5.74, 6) is -0.00645. The van der Waals surface area contributed by atoms with Crippen molar-refractivity contribution in [3.05, 3.63) is 29.8 Å². The third kappa shape index (κ3) is 5.70. The number of piperidine rings is 2. The van der Waals surface area contributed by atoms with Crippen LogP contribution in [-0.2, 0) is 16.0 Å². The second-order valence-corrected chi connectivity index (χ2v) is 9.74. The maximum atomic E-state index is 12.9. The van der Waals surface area contributed by atoms with Gasteiger partial charge in [-0.1, -0.05) is 24.6 Å². The average Bonchev–Trinajstić information content (AvgIpc) is 3.00. The first-order valence-corrected chi connectivity index (χ1v) is 12.8. The van der Waals surface area contributed by atoms with Gasteiger partial charge in [0.15, 0.2) is 0 Å². The van der Waals surface area contributed by atoms with E-state index in [4.69, 9.17) is 0 Å². The van der Waals surface area contributed by atoms with Crippen LogP contribution in [0.2, 0.25) is 0 Å². The standard InChI is InChI=1S/C26H40N4O2/c1-21(30-24-11-4-3-9-22(24)10-7-12-25(30)31)26(32)27-15-8-16-28-19-13-23(14-20-28)29-17-5-2-6-18-29/h3-4,9,11,21,23H,2,5-8,10,12-20H2,1H3,(H,27,32). The van der Waals surface area contributed by atoms with Crippen LogP contribution in [0, 0.1) is 0 Å². The molecule has 3 aliphatic heterocycles. The van der Waals surface area contributed by atoms with Crippen LogP contribution in [0.25, 0.3) is 0 Å². The summed E-state index contributed by atoms with van der Waals surface area (Å²) in [5.41, 5.74) is 2.06. The van der Waals surface area contributed by atoms with E-state index >= 15 is 0 Å². The van der Waals surface area contributed by atoms with Crippen molar-refractivity contribution in [1.82, 2.24) is 15.1 Å². The third-order valence-electron chi connectivity index (χ3n) is 7.54. The first kappa shape index (κ1) is 23.2. The van der Waals surface area contributed by atoms with Gasteiger partial charge < -0.3 is 15.1 Å². The first-order valence-electron chi connectivity index (χ1n) is 12.8. The number of likely N-dealkylation sites (tertiary alicyclic amines) is 2. The fraction of sp³-hybridized carbons (Fsp3) is 0.692. The molecule has 1 aromatic rings. The monoisotopic (exact) mass is 440 g/mol. The fourth-order valence-electron chi connectivity index (χ4n) is 5.64. The van der Waals surface area contributed by atoms with E-state index in [0.717, 1.165) is 43.1 Å². The molecule has 0 saturated carbocycles. The molecule has 0 aliphatic carbocycles. The number of benzene rings is 1. The molecule has 2 saturated heterocycles. The highest BCUT2D eigenvalue weighted by Crippen LogP contribution is 2.28. The number of amides is 2. The summed E-state index contributed by atoms with van der Waals surface area (Å²) in [4.78, 5) is 32.6. The molecule has 4 rings (SSSR count). The van der Waals surface area contributed by atoms with Gasteiger partial charge in [0, 0.05) is 24.7 Å². The average molecular weight is 441 g/mol. The number of hydrogen-bond donors (Lipinski definition) is 1. The summed E-state index contributed by atoms with van der Waals surface area (Å²) in [7, 11) is 0. The van der Waals surface area contributed by atoms with Crippen LogP contribution in [0.3, 0.4) is 0 Å². The van der Waals surface area contributed by atoms with Crippen LogP contribution in [0.15, 0.2) is 24.3 Å². The van der Waals surface area contributed by atoms with Gasteiger partial charge in [-0.3, -0.25) is 14.5 Å². The Morgan fingerprint density at radius 3 is 2.56 bits per heavy atom. The summed E-state index contributed by atoms with van der Waals surface area (Å²) in [5, 5.41) is 3.08. The highest BCUT2D eigenvalue weighted by Gasteiger charge is 2.30. The van der Waals surface area contributed by atoms with Crippen molar-refractivity contribution in [3.63, 3.8) is 0 Å². The summed E-state index contributed by atoms with van der Waals surface area (Å²) < 4.78 is 0. The minimum absolute atomic E-state index is 0.0502. The molecule has 0 bridgehead atoms. The Kier molecular flexibility index (Phi) is 8.20. The molecule has 2 amide bonds. The lowest BCUT2D eigenvalue weighted by molar-refractivity contribution is -0.126. The van der Waals surface area contributed by atoms with E-state index in [2.05, 4.69) is 21.2 Å². The maximum Gasteiger partial charge on any atom is 0.242 e. The van der Waals surface area contributed by atoms with E-state index in [1.165, 1.54) is 58.3 Å². The molecule has 3 heterocycles. The molecule has 1 atom stereocenters. The van der Waals surface area contributed by atoms with Crippen molar-refractivity contribution in [2.45, 2.75) is 76.8 Å². The number of nitrogens with zero attached hydrogens (tertiary/aromatic N) is 3. The molecule has 32 heavy (non-hydrogen) atoms. The quantitative estimate of drug-likeness (QED) is 0.662. The smallest absolute Gasteiger partial charge is 0.242 e. The number of carbonyl (C=O) groups excluding carboxylic acids is 2. The van der Waals surface area contributed by atoms with Gasteiger partial charge in [0.25, 0.3) is 0 Å². The summed E-state index contributed by atoms with van der Waals surface area (Å²) in [6, 6.07) is 8.29. The second-order valence-electron chi connectivity index (χ2n) is 9.74. The highest BCUT2D eigenvalue weighted by molar-refractivity contribution is 6.01. The van der Waals surface area contributed by atoms with Gasteiger partial charge in [-0.15, -0.1) is 0 Å². The summed E-state index contributed by atoms with van der Waals surface area (Å²) >= 11 is 0. The Hall–Kier alpha value is -1.92. The molecule has 0 spiro atoms. The summed E-state index contributed by atoms with van der Waals surface area (Å²) in [6.45, 7) is 8.47. The van der Waals surface area contributed by atoms with E-state index in [9.17, 15) is 9.59 Å². The Balaban J connectivity index is 1.19.